The Morgan fingerprint density at radius 2 is 2.05 bits per heavy atom. The van der Waals surface area contributed by atoms with Gasteiger partial charge in [0, 0.05) is 29.9 Å². The minimum Gasteiger partial charge on any atom is -0.260 e. The fourth-order valence-electron chi connectivity index (χ4n) is 1.83. The van der Waals surface area contributed by atoms with E-state index in [1.807, 2.05) is 30.3 Å². The van der Waals surface area contributed by atoms with Crippen LogP contribution in [0.5, 0.6) is 0 Å². The Kier molecular flexibility index (Phi) is 4.12. The summed E-state index contributed by atoms with van der Waals surface area (Å²) in [4.78, 5) is 14.7. The van der Waals surface area contributed by atoms with Crippen molar-refractivity contribution < 1.29 is 4.92 Å². The summed E-state index contributed by atoms with van der Waals surface area (Å²) < 4.78 is 0. The van der Waals surface area contributed by atoms with Crippen molar-refractivity contribution >= 4 is 17.3 Å². The molecule has 98 valence electrons. The van der Waals surface area contributed by atoms with Crippen LogP contribution in [0.2, 0.25) is 0 Å². The average Bonchev–Trinajstić information content (AvgIpc) is 2.41. The van der Waals surface area contributed by atoms with E-state index in [2.05, 4.69) is 4.98 Å². The van der Waals surface area contributed by atoms with Crippen LogP contribution >= 0.6 is 11.6 Å². The van der Waals surface area contributed by atoms with Crippen LogP contribution in [0.4, 0.5) is 5.69 Å². The predicted octanol–water partition coefficient (Wildman–Crippen LogP) is 3.82. The van der Waals surface area contributed by atoms with E-state index in [-0.39, 0.29) is 11.1 Å². The Balaban J connectivity index is 2.20. The summed E-state index contributed by atoms with van der Waals surface area (Å²) >= 11 is 6.30. The highest BCUT2D eigenvalue weighted by Crippen LogP contribution is 2.26. The van der Waals surface area contributed by atoms with Gasteiger partial charge in [0.05, 0.1) is 10.3 Å². The number of hydrogen-bond donors (Lipinski definition) is 0. The third-order valence-corrected chi connectivity index (χ3v) is 3.28. The normalized spacial score (nSPS) is 12.1. The van der Waals surface area contributed by atoms with Gasteiger partial charge < -0.3 is 0 Å². The van der Waals surface area contributed by atoms with Gasteiger partial charge in [-0.05, 0) is 12.5 Å². The van der Waals surface area contributed by atoms with Crippen molar-refractivity contribution in [1.29, 1.82) is 0 Å². The molecule has 0 radical (unpaired) electrons. The number of benzene rings is 1. The molecule has 4 nitrogen and oxygen atoms in total. The van der Waals surface area contributed by atoms with E-state index in [9.17, 15) is 10.1 Å². The lowest BCUT2D eigenvalue weighted by molar-refractivity contribution is -0.385. The van der Waals surface area contributed by atoms with E-state index in [1.54, 1.807) is 6.92 Å². The largest absolute Gasteiger partial charge is 0.275 e. The molecule has 1 atom stereocenters. The highest BCUT2D eigenvalue weighted by molar-refractivity contribution is 6.20. The summed E-state index contributed by atoms with van der Waals surface area (Å²) in [7, 11) is 0. The molecule has 0 N–H and O–H groups in total. The molecule has 0 amide bonds. The minimum absolute atomic E-state index is 0.0851. The molecule has 0 spiro atoms. The molecule has 1 heterocycles. The van der Waals surface area contributed by atoms with Crippen LogP contribution in [0.25, 0.3) is 0 Å². The fourth-order valence-corrected chi connectivity index (χ4v) is 2.13. The van der Waals surface area contributed by atoms with Crippen LogP contribution in [0.3, 0.4) is 0 Å². The molecule has 0 fully saturated rings. The number of halogens is 1. The van der Waals surface area contributed by atoms with Crippen molar-refractivity contribution in [2.24, 2.45) is 0 Å². The van der Waals surface area contributed by atoms with Gasteiger partial charge in [-0.2, -0.15) is 0 Å². The lowest BCUT2D eigenvalue weighted by atomic mass is 10.1. The molecule has 0 aliphatic carbocycles. The zero-order valence-corrected chi connectivity index (χ0v) is 11.2. The van der Waals surface area contributed by atoms with E-state index in [0.717, 1.165) is 5.56 Å². The third kappa shape index (κ3) is 3.29. The molecule has 0 saturated heterocycles. The maximum absolute atomic E-state index is 10.9. The van der Waals surface area contributed by atoms with Gasteiger partial charge >= 0.3 is 0 Å². The Morgan fingerprint density at radius 3 is 2.68 bits per heavy atom. The predicted molar refractivity (Wildman–Crippen MR) is 74.4 cm³/mol. The zero-order valence-electron chi connectivity index (χ0n) is 10.4. The summed E-state index contributed by atoms with van der Waals surface area (Å²) in [5, 5.41) is 10.6. The molecule has 1 aromatic carbocycles. The summed E-state index contributed by atoms with van der Waals surface area (Å²) in [6.45, 7) is 1.67. The Morgan fingerprint density at radius 1 is 1.37 bits per heavy atom. The van der Waals surface area contributed by atoms with Crippen LogP contribution in [0.15, 0.2) is 42.6 Å². The van der Waals surface area contributed by atoms with Gasteiger partial charge in [0.25, 0.3) is 5.69 Å². The topological polar surface area (TPSA) is 56.0 Å². The van der Waals surface area contributed by atoms with E-state index < -0.39 is 4.92 Å². The number of rotatable bonds is 4. The van der Waals surface area contributed by atoms with Gasteiger partial charge in [-0.1, -0.05) is 30.3 Å². The number of hydrogen-bond acceptors (Lipinski definition) is 3. The van der Waals surface area contributed by atoms with Gasteiger partial charge in [-0.3, -0.25) is 15.1 Å². The van der Waals surface area contributed by atoms with Gasteiger partial charge in [0.15, 0.2) is 0 Å². The first-order chi connectivity index (χ1) is 9.08. The number of aryl methyl sites for hydroxylation is 1. The van der Waals surface area contributed by atoms with Gasteiger partial charge in [0.1, 0.15) is 0 Å². The lowest BCUT2D eigenvalue weighted by Gasteiger charge is -2.09. The number of nitro groups is 1. The van der Waals surface area contributed by atoms with Crippen molar-refractivity contribution in [1.82, 2.24) is 4.98 Å². The van der Waals surface area contributed by atoms with Crippen molar-refractivity contribution in [2.45, 2.75) is 18.7 Å². The monoisotopic (exact) mass is 276 g/mol. The quantitative estimate of drug-likeness (QED) is 0.484. The summed E-state index contributed by atoms with van der Waals surface area (Å²) in [5.74, 6) is 0. The molecule has 0 aliphatic rings. The van der Waals surface area contributed by atoms with Crippen molar-refractivity contribution in [3.8, 4) is 0 Å². The standard InChI is InChI=1S/C14H13ClN2O2/c1-10-9-16-12(8-14(10)17(18)19)7-13(15)11-5-3-2-4-6-11/h2-6,8-9,13H,7H2,1H3. The molecular formula is C14H13ClN2O2. The fraction of sp³-hybridized carbons (Fsp3) is 0.214. The maximum atomic E-state index is 10.9. The first kappa shape index (κ1) is 13.5. The number of alkyl halides is 1. The van der Waals surface area contributed by atoms with Gasteiger partial charge in [-0.15, -0.1) is 11.6 Å². The van der Waals surface area contributed by atoms with E-state index in [1.165, 1.54) is 12.3 Å². The molecule has 19 heavy (non-hydrogen) atoms. The zero-order chi connectivity index (χ0) is 13.8. The molecule has 1 unspecified atom stereocenters. The molecule has 0 saturated carbocycles. The molecular weight excluding hydrogens is 264 g/mol. The summed E-state index contributed by atoms with van der Waals surface area (Å²) in [6.07, 6.45) is 1.98. The molecule has 2 aromatic rings. The molecule has 0 aliphatic heterocycles. The second kappa shape index (κ2) is 5.80. The van der Waals surface area contributed by atoms with Crippen LogP contribution in [0.1, 0.15) is 22.2 Å². The molecule has 0 bridgehead atoms. The third-order valence-electron chi connectivity index (χ3n) is 2.88. The summed E-state index contributed by atoms with van der Waals surface area (Å²) in [5.41, 5.74) is 2.25. The maximum Gasteiger partial charge on any atom is 0.275 e. The van der Waals surface area contributed by atoms with Crippen LogP contribution in [-0.2, 0) is 6.42 Å². The van der Waals surface area contributed by atoms with Crippen LogP contribution in [-0.4, -0.2) is 9.91 Å². The smallest absolute Gasteiger partial charge is 0.260 e. The Bertz CT molecular complexity index is 587. The van der Waals surface area contributed by atoms with E-state index in [0.29, 0.717) is 17.7 Å². The Labute approximate surface area is 116 Å². The van der Waals surface area contributed by atoms with Gasteiger partial charge in [-0.25, -0.2) is 0 Å². The minimum atomic E-state index is -0.397. The van der Waals surface area contributed by atoms with Crippen LogP contribution in [0, 0.1) is 17.0 Å². The highest BCUT2D eigenvalue weighted by Gasteiger charge is 2.15. The lowest BCUT2D eigenvalue weighted by Crippen LogP contribution is -2.01. The van der Waals surface area contributed by atoms with Crippen LogP contribution < -0.4 is 0 Å². The number of pyridine rings is 1. The number of aromatic nitrogens is 1. The second-order valence-electron chi connectivity index (χ2n) is 4.30. The van der Waals surface area contributed by atoms with E-state index >= 15 is 0 Å². The number of nitrogens with zero attached hydrogens (tertiary/aromatic N) is 2. The molecule has 5 heteroatoms. The first-order valence-corrected chi connectivity index (χ1v) is 6.30. The van der Waals surface area contributed by atoms with Crippen molar-refractivity contribution in [3.05, 3.63) is 69.5 Å². The SMILES string of the molecule is Cc1cnc(CC(Cl)c2ccccc2)cc1[N+](=O)[O-]. The van der Waals surface area contributed by atoms with E-state index in [4.69, 9.17) is 11.6 Å². The molecule has 1 aromatic heterocycles. The summed E-state index contributed by atoms with van der Waals surface area (Å²) in [6, 6.07) is 11.1. The van der Waals surface area contributed by atoms with Crippen molar-refractivity contribution in [2.75, 3.05) is 0 Å². The molecule has 2 rings (SSSR count). The Hall–Kier alpha value is -1.94. The highest BCUT2D eigenvalue weighted by atomic mass is 35.5. The average molecular weight is 277 g/mol. The van der Waals surface area contributed by atoms with Gasteiger partial charge in [0.2, 0.25) is 0 Å². The second-order valence-corrected chi connectivity index (χ2v) is 4.83. The first-order valence-electron chi connectivity index (χ1n) is 5.87. The van der Waals surface area contributed by atoms with Crippen molar-refractivity contribution in [3.63, 3.8) is 0 Å².